The molecule has 11 aromatic rings. The second kappa shape index (κ2) is 31.1. The standard InChI is InChI=1S/C70H64N6O16/c1-81-69(79)53-11-7-9-47(41-53)45-89-67-63(77)57-13-3-5-15-61(57)91-65(67)51-21-25-55(26-22-51)87-39-37-85-35-33-83-31-29-75-43-59(71-73-75)49-17-19-50(20-18-49)60-44-76(74-72-60)30-32-84-34-36-86-38-40-88-56-27-23-52(24-28-56)66-68(64(78)58-14-4-6-16-62(58)92-66)90-46-48-10-8-12-54(42-48)70(80)82-2/h3-28,41-44H,29-40,45-46H2,1-2H3. The zero-order valence-corrected chi connectivity index (χ0v) is 50.4. The fraction of sp³-hybridized carbons (Fsp3) is 0.229. The molecule has 22 nitrogen and oxygen atoms in total. The molecule has 0 aliphatic carbocycles. The van der Waals surface area contributed by atoms with Gasteiger partial charge in [0.25, 0.3) is 0 Å². The van der Waals surface area contributed by atoms with Gasteiger partial charge in [-0.15, -0.1) is 10.2 Å². The number of ether oxygens (including phenoxy) is 10. The number of methoxy groups -OCH3 is 2. The second-order valence-electron chi connectivity index (χ2n) is 20.6. The minimum absolute atomic E-state index is 0.0227. The van der Waals surface area contributed by atoms with Crippen molar-refractivity contribution in [2.75, 3.05) is 80.3 Å². The molecule has 4 aromatic heterocycles. The zero-order chi connectivity index (χ0) is 63.4. The van der Waals surface area contributed by atoms with Crippen molar-refractivity contribution in [1.82, 2.24) is 30.0 Å². The van der Waals surface area contributed by atoms with E-state index < -0.39 is 11.9 Å². The Labute approximate surface area is 527 Å². The van der Waals surface area contributed by atoms with Gasteiger partial charge in [0.1, 0.15) is 60.5 Å². The smallest absolute Gasteiger partial charge is 0.337 e. The number of hydrogen-bond acceptors (Lipinski definition) is 20. The molecule has 11 rings (SSSR count). The minimum Gasteiger partial charge on any atom is -0.491 e. The average Bonchev–Trinajstić information content (AvgIpc) is 0.915. The highest BCUT2D eigenvalue weighted by Gasteiger charge is 2.21. The minimum atomic E-state index is -0.469. The van der Waals surface area contributed by atoms with E-state index in [1.165, 1.54) is 14.2 Å². The van der Waals surface area contributed by atoms with Gasteiger partial charge < -0.3 is 56.2 Å². The number of carbonyl (C=O) groups is 2. The van der Waals surface area contributed by atoms with E-state index in [2.05, 4.69) is 20.6 Å². The Morgan fingerprint density at radius 2 is 0.793 bits per heavy atom. The van der Waals surface area contributed by atoms with Gasteiger partial charge in [0.15, 0.2) is 11.5 Å². The summed E-state index contributed by atoms with van der Waals surface area (Å²) in [6.45, 7) is 4.76. The fourth-order valence-electron chi connectivity index (χ4n) is 9.71. The van der Waals surface area contributed by atoms with E-state index in [1.807, 2.05) is 36.7 Å². The summed E-state index contributed by atoms with van der Waals surface area (Å²) in [6, 6.07) is 49.8. The number of esters is 2. The number of nitrogens with zero attached hydrogens (tertiary/aromatic N) is 6. The van der Waals surface area contributed by atoms with Gasteiger partial charge in [-0.25, -0.2) is 19.0 Å². The quantitative estimate of drug-likeness (QED) is 0.0281. The summed E-state index contributed by atoms with van der Waals surface area (Å²) in [5.74, 6) is 0.928. The van der Waals surface area contributed by atoms with E-state index in [9.17, 15) is 19.2 Å². The molecule has 0 radical (unpaired) electrons. The molecule has 92 heavy (non-hydrogen) atoms. The zero-order valence-electron chi connectivity index (χ0n) is 50.4. The third kappa shape index (κ3) is 16.2. The third-order valence-electron chi connectivity index (χ3n) is 14.4. The van der Waals surface area contributed by atoms with Crippen molar-refractivity contribution in [3.63, 3.8) is 0 Å². The summed E-state index contributed by atoms with van der Waals surface area (Å²) >= 11 is 0. The lowest BCUT2D eigenvalue weighted by atomic mass is 10.1. The van der Waals surface area contributed by atoms with Gasteiger partial charge in [-0.2, -0.15) is 0 Å². The second-order valence-corrected chi connectivity index (χ2v) is 20.6. The highest BCUT2D eigenvalue weighted by atomic mass is 16.6. The van der Waals surface area contributed by atoms with Crippen molar-refractivity contribution in [2.24, 2.45) is 0 Å². The van der Waals surface area contributed by atoms with Crippen LogP contribution in [0.3, 0.4) is 0 Å². The van der Waals surface area contributed by atoms with Crippen LogP contribution in [0.15, 0.2) is 201 Å². The van der Waals surface area contributed by atoms with E-state index in [4.69, 9.17) is 56.2 Å². The number of carbonyl (C=O) groups excluding carboxylic acids is 2. The van der Waals surface area contributed by atoms with Crippen LogP contribution in [0.5, 0.6) is 23.0 Å². The van der Waals surface area contributed by atoms with Gasteiger partial charge >= 0.3 is 11.9 Å². The Balaban J connectivity index is 0.543. The number of rotatable bonds is 32. The number of fused-ring (bicyclic) bond motifs is 2. The molecule has 0 amide bonds. The van der Waals surface area contributed by atoms with E-state index in [0.29, 0.717) is 146 Å². The molecule has 0 bridgehead atoms. The molecule has 22 heteroatoms. The molecule has 0 unspecified atom stereocenters. The van der Waals surface area contributed by atoms with Gasteiger partial charge in [-0.3, -0.25) is 9.59 Å². The average molecular weight is 1250 g/mol. The van der Waals surface area contributed by atoms with E-state index in [0.717, 1.165) is 22.5 Å². The van der Waals surface area contributed by atoms with E-state index in [1.54, 1.807) is 155 Å². The van der Waals surface area contributed by atoms with Crippen molar-refractivity contribution in [2.45, 2.75) is 26.3 Å². The molecule has 0 aliphatic rings. The van der Waals surface area contributed by atoms with Gasteiger partial charge in [-0.1, -0.05) is 83.2 Å². The van der Waals surface area contributed by atoms with Crippen LogP contribution in [0.4, 0.5) is 0 Å². The van der Waals surface area contributed by atoms with E-state index in [-0.39, 0.29) is 47.1 Å². The first kappa shape index (κ1) is 62.8. The van der Waals surface area contributed by atoms with Crippen molar-refractivity contribution in [3.05, 3.63) is 225 Å². The van der Waals surface area contributed by atoms with Crippen molar-refractivity contribution in [1.29, 1.82) is 0 Å². The molecule has 0 saturated carbocycles. The van der Waals surface area contributed by atoms with Crippen molar-refractivity contribution in [3.8, 4) is 68.2 Å². The van der Waals surface area contributed by atoms with Gasteiger partial charge in [0.2, 0.25) is 22.4 Å². The number of hydrogen-bond donors (Lipinski definition) is 0. The SMILES string of the molecule is COC(=O)c1cccc(COc2c(-c3ccc(OCCOCCOCCn4cc(-c5ccc(-c6cn(CCOCCOCCOc7ccc(-c8oc9ccccc9c(=O)c8OCc8cccc(C(=O)OC)c8)cc7)nn6)cc5)nn4)cc3)oc3ccccc3c2=O)c1. The van der Waals surface area contributed by atoms with Crippen LogP contribution in [-0.2, 0) is 54.7 Å². The molecule has 470 valence electrons. The van der Waals surface area contributed by atoms with Crippen LogP contribution < -0.4 is 29.8 Å². The van der Waals surface area contributed by atoms with Gasteiger partial charge in [0, 0.05) is 22.3 Å². The fourth-order valence-corrected chi connectivity index (χ4v) is 9.71. The lowest BCUT2D eigenvalue weighted by Crippen LogP contribution is -2.13. The number of para-hydroxylation sites is 2. The maximum absolute atomic E-state index is 13.7. The van der Waals surface area contributed by atoms with Crippen LogP contribution in [0.2, 0.25) is 0 Å². The van der Waals surface area contributed by atoms with Crippen LogP contribution in [0.25, 0.3) is 67.1 Å². The third-order valence-corrected chi connectivity index (χ3v) is 14.4. The molecule has 0 N–H and O–H groups in total. The molecule has 0 atom stereocenters. The maximum atomic E-state index is 13.7. The summed E-state index contributed by atoms with van der Waals surface area (Å²) < 4.78 is 72.7. The Hall–Kier alpha value is -10.8. The topological polar surface area (TPSA) is 248 Å². The van der Waals surface area contributed by atoms with Gasteiger partial charge in [0.05, 0.1) is 114 Å². The lowest BCUT2D eigenvalue weighted by Gasteiger charge is -2.13. The largest absolute Gasteiger partial charge is 0.491 e. The Bertz CT molecular complexity index is 4110. The van der Waals surface area contributed by atoms with Crippen LogP contribution >= 0.6 is 0 Å². The Morgan fingerprint density at radius 1 is 0.413 bits per heavy atom. The Morgan fingerprint density at radius 3 is 1.21 bits per heavy atom. The Kier molecular flexibility index (Phi) is 21.2. The molecule has 0 aliphatic heterocycles. The first-order chi connectivity index (χ1) is 45.2. The predicted octanol–water partition coefficient (Wildman–Crippen LogP) is 10.7. The summed E-state index contributed by atoms with van der Waals surface area (Å²) in [4.78, 5) is 51.5. The van der Waals surface area contributed by atoms with Crippen LogP contribution in [0, 0.1) is 0 Å². The van der Waals surface area contributed by atoms with Crippen molar-refractivity contribution >= 4 is 33.9 Å². The van der Waals surface area contributed by atoms with Crippen LogP contribution in [0.1, 0.15) is 31.8 Å². The molecule has 7 aromatic carbocycles. The number of aromatic nitrogens is 6. The van der Waals surface area contributed by atoms with Crippen LogP contribution in [-0.4, -0.2) is 122 Å². The molecule has 0 spiro atoms. The summed E-state index contributed by atoms with van der Waals surface area (Å²) in [5, 5.41) is 18.0. The molecular weight excluding hydrogens is 1180 g/mol. The summed E-state index contributed by atoms with van der Waals surface area (Å²) in [5.41, 5.74) is 6.84. The number of benzene rings is 7. The first-order valence-electron chi connectivity index (χ1n) is 29.6. The van der Waals surface area contributed by atoms with Gasteiger partial charge in [-0.05, 0) is 108 Å². The first-order valence-corrected chi connectivity index (χ1v) is 29.6. The summed E-state index contributed by atoms with van der Waals surface area (Å²) in [6.07, 6.45) is 3.75. The highest BCUT2D eigenvalue weighted by molar-refractivity contribution is 5.90. The predicted molar refractivity (Wildman–Crippen MR) is 339 cm³/mol. The monoisotopic (exact) mass is 1240 g/mol. The summed E-state index contributed by atoms with van der Waals surface area (Å²) in [7, 11) is 2.64. The van der Waals surface area contributed by atoms with E-state index >= 15 is 0 Å². The maximum Gasteiger partial charge on any atom is 0.337 e. The molecule has 0 fully saturated rings. The molecular formula is C70H64N6O16. The lowest BCUT2D eigenvalue weighted by molar-refractivity contribution is 0.0333. The highest BCUT2D eigenvalue weighted by Crippen LogP contribution is 2.35. The molecule has 0 saturated heterocycles. The molecule has 4 heterocycles. The van der Waals surface area contributed by atoms with Crippen molar-refractivity contribution < 1.29 is 65.8 Å². The normalized spacial score (nSPS) is 11.2.